The molecule has 1 aliphatic carbocycles. The van der Waals surface area contributed by atoms with Crippen LogP contribution in [0.25, 0.3) is 22.2 Å². The zero-order chi connectivity index (χ0) is 27.9. The van der Waals surface area contributed by atoms with Crippen molar-refractivity contribution >= 4 is 16.8 Å². The van der Waals surface area contributed by atoms with Crippen LogP contribution in [-0.2, 0) is 11.1 Å². The van der Waals surface area contributed by atoms with Crippen LogP contribution in [0.1, 0.15) is 55.2 Å². The van der Waals surface area contributed by atoms with E-state index in [0.717, 1.165) is 18.4 Å². The maximum Gasteiger partial charge on any atom is 0.251 e. The molecule has 0 bridgehead atoms. The molecule has 2 aromatic heterocycles. The van der Waals surface area contributed by atoms with E-state index >= 15 is 0 Å². The number of carbonyl (C=O) groups excluding carboxylic acids is 1. The van der Waals surface area contributed by atoms with E-state index in [2.05, 4.69) is 10.3 Å². The van der Waals surface area contributed by atoms with Gasteiger partial charge in [0.15, 0.2) is 11.5 Å². The van der Waals surface area contributed by atoms with Crippen LogP contribution in [0.3, 0.4) is 0 Å². The van der Waals surface area contributed by atoms with Gasteiger partial charge >= 0.3 is 0 Å². The smallest absolute Gasteiger partial charge is 0.251 e. The fourth-order valence-electron chi connectivity index (χ4n) is 4.36. The Balaban J connectivity index is 1.42. The number of hydrogen-bond acceptors (Lipinski definition) is 6. The minimum absolute atomic E-state index is 0.113. The zero-order valence-corrected chi connectivity index (χ0v) is 22.5. The molecule has 8 nitrogen and oxygen atoms in total. The van der Waals surface area contributed by atoms with Crippen molar-refractivity contribution in [2.24, 2.45) is 5.73 Å². The number of carbonyl (C=O) groups is 1. The molecule has 1 fully saturated rings. The summed E-state index contributed by atoms with van der Waals surface area (Å²) >= 11 is 0. The average Bonchev–Trinajstić information content (AvgIpc) is 3.61. The summed E-state index contributed by atoms with van der Waals surface area (Å²) in [5.74, 6) is 0.321. The predicted molar refractivity (Wildman–Crippen MR) is 147 cm³/mol. The van der Waals surface area contributed by atoms with E-state index in [-0.39, 0.29) is 24.4 Å². The lowest BCUT2D eigenvalue weighted by Crippen LogP contribution is -2.40. The van der Waals surface area contributed by atoms with Gasteiger partial charge in [0, 0.05) is 28.2 Å². The third-order valence-corrected chi connectivity index (χ3v) is 6.90. The number of nitrogens with two attached hydrogens (primary N) is 1. The van der Waals surface area contributed by atoms with Crippen molar-refractivity contribution in [1.82, 2.24) is 15.3 Å². The standard InChI is InChI=1S/C30H33FN4O4/c1-29(2,32)18-13-23(21-15-33-27-20(21)6-5-7-22(27)31)35-26(14-18)30(3,37)16-34-28(36)17-8-11-24(25(12-17)38-4)39-19-9-10-19/h5-8,11-15,19,33,37H,9-10,16,32H2,1-4H3,(H,34,36). The number of methoxy groups -OCH3 is 1. The number of aliphatic hydroxyl groups is 1. The molecule has 39 heavy (non-hydrogen) atoms. The first-order valence-electron chi connectivity index (χ1n) is 12.9. The Hall–Kier alpha value is -3.95. The summed E-state index contributed by atoms with van der Waals surface area (Å²) in [7, 11) is 1.53. The number of para-hydroxylation sites is 1. The van der Waals surface area contributed by atoms with Crippen molar-refractivity contribution in [3.05, 3.63) is 77.4 Å². The van der Waals surface area contributed by atoms with Crippen LogP contribution in [0, 0.1) is 5.82 Å². The number of nitrogens with zero attached hydrogens (tertiary/aromatic N) is 1. The highest BCUT2D eigenvalue weighted by atomic mass is 19.1. The second-order valence-corrected chi connectivity index (χ2v) is 10.9. The lowest BCUT2D eigenvalue weighted by atomic mass is 9.90. The number of fused-ring (bicyclic) bond motifs is 1. The predicted octanol–water partition coefficient (Wildman–Crippen LogP) is 4.75. The van der Waals surface area contributed by atoms with Crippen LogP contribution in [0.2, 0.25) is 0 Å². The fourth-order valence-corrected chi connectivity index (χ4v) is 4.36. The molecule has 2 aromatic carbocycles. The Bertz CT molecular complexity index is 1540. The van der Waals surface area contributed by atoms with Gasteiger partial charge in [0.05, 0.1) is 36.7 Å². The van der Waals surface area contributed by atoms with Gasteiger partial charge in [-0.3, -0.25) is 4.79 Å². The number of rotatable bonds is 9. The van der Waals surface area contributed by atoms with E-state index < -0.39 is 11.1 Å². The summed E-state index contributed by atoms with van der Waals surface area (Å²) in [5.41, 5.74) is 7.15. The lowest BCUT2D eigenvalue weighted by molar-refractivity contribution is 0.0489. The molecule has 2 heterocycles. The molecule has 204 valence electrons. The maximum absolute atomic E-state index is 14.3. The molecular weight excluding hydrogens is 499 g/mol. The molecule has 5 rings (SSSR count). The van der Waals surface area contributed by atoms with Gasteiger partial charge in [-0.05, 0) is 75.6 Å². The quantitative estimate of drug-likeness (QED) is 0.247. The third-order valence-electron chi connectivity index (χ3n) is 6.90. The van der Waals surface area contributed by atoms with Crippen molar-refractivity contribution in [1.29, 1.82) is 0 Å². The Morgan fingerprint density at radius 3 is 2.64 bits per heavy atom. The maximum atomic E-state index is 14.3. The van der Waals surface area contributed by atoms with Gasteiger partial charge in [-0.25, -0.2) is 9.37 Å². The number of benzene rings is 2. The number of hydrogen-bond donors (Lipinski definition) is 4. The summed E-state index contributed by atoms with van der Waals surface area (Å²) < 4.78 is 25.6. The number of aromatic nitrogens is 2. The first kappa shape index (κ1) is 26.6. The highest BCUT2D eigenvalue weighted by Crippen LogP contribution is 2.35. The lowest BCUT2D eigenvalue weighted by Gasteiger charge is -2.27. The number of nitrogens with one attached hydrogen (secondary N) is 2. The van der Waals surface area contributed by atoms with Gasteiger partial charge in [0.2, 0.25) is 0 Å². The van der Waals surface area contributed by atoms with Crippen molar-refractivity contribution in [2.45, 2.75) is 50.9 Å². The monoisotopic (exact) mass is 532 g/mol. The Labute approximate surface area is 226 Å². The summed E-state index contributed by atoms with van der Waals surface area (Å²) in [6.07, 6.45) is 3.91. The topological polar surface area (TPSA) is 122 Å². The number of halogens is 1. The van der Waals surface area contributed by atoms with E-state index in [4.69, 9.17) is 20.2 Å². The minimum atomic E-state index is -1.54. The Morgan fingerprint density at radius 2 is 1.95 bits per heavy atom. The molecule has 4 aromatic rings. The molecule has 0 aliphatic heterocycles. The number of aromatic amines is 1. The van der Waals surface area contributed by atoms with E-state index in [1.807, 2.05) is 19.9 Å². The van der Waals surface area contributed by atoms with Gasteiger partial charge in [0.1, 0.15) is 11.4 Å². The van der Waals surface area contributed by atoms with Gasteiger partial charge < -0.3 is 30.6 Å². The number of pyridine rings is 1. The number of ether oxygens (including phenoxy) is 2. The summed E-state index contributed by atoms with van der Waals surface area (Å²) in [4.78, 5) is 20.7. The zero-order valence-electron chi connectivity index (χ0n) is 22.5. The van der Waals surface area contributed by atoms with Crippen molar-refractivity contribution < 1.29 is 23.8 Å². The van der Waals surface area contributed by atoms with Gasteiger partial charge in [-0.1, -0.05) is 12.1 Å². The molecule has 1 unspecified atom stereocenters. The van der Waals surface area contributed by atoms with Gasteiger partial charge in [-0.15, -0.1) is 0 Å². The molecule has 0 spiro atoms. The molecule has 1 atom stereocenters. The third kappa shape index (κ3) is 5.60. The number of amides is 1. The fraction of sp³-hybridized carbons (Fsp3) is 0.333. The molecule has 9 heteroatoms. The molecule has 1 aliphatic rings. The van der Waals surface area contributed by atoms with Crippen LogP contribution in [0.5, 0.6) is 11.5 Å². The first-order valence-corrected chi connectivity index (χ1v) is 12.9. The van der Waals surface area contributed by atoms with Crippen LogP contribution in [-0.4, -0.2) is 40.7 Å². The summed E-state index contributed by atoms with van der Waals surface area (Å²) in [5, 5.41) is 14.9. The minimum Gasteiger partial charge on any atom is -0.493 e. The van der Waals surface area contributed by atoms with Crippen LogP contribution >= 0.6 is 0 Å². The van der Waals surface area contributed by atoms with Crippen LogP contribution in [0.15, 0.2) is 54.7 Å². The molecule has 1 amide bonds. The molecule has 0 radical (unpaired) electrons. The van der Waals surface area contributed by atoms with Crippen molar-refractivity contribution in [3.63, 3.8) is 0 Å². The second kappa shape index (κ2) is 9.98. The van der Waals surface area contributed by atoms with Gasteiger partial charge in [-0.2, -0.15) is 0 Å². The molecule has 5 N–H and O–H groups in total. The molecular formula is C30H33FN4O4. The van der Waals surface area contributed by atoms with E-state index in [1.165, 1.54) is 13.2 Å². The van der Waals surface area contributed by atoms with E-state index in [9.17, 15) is 14.3 Å². The molecule has 1 saturated carbocycles. The van der Waals surface area contributed by atoms with E-state index in [1.54, 1.807) is 49.5 Å². The highest BCUT2D eigenvalue weighted by molar-refractivity contribution is 5.95. The number of H-pyrrole nitrogens is 1. The van der Waals surface area contributed by atoms with Crippen LogP contribution in [0.4, 0.5) is 4.39 Å². The first-order chi connectivity index (χ1) is 18.5. The SMILES string of the molecule is COc1cc(C(=O)NCC(C)(O)c2cc(C(C)(C)N)cc(-c3c[nH]c4c(F)cccc34)n2)ccc1OC1CC1. The summed E-state index contributed by atoms with van der Waals surface area (Å²) in [6, 6.07) is 13.4. The summed E-state index contributed by atoms with van der Waals surface area (Å²) in [6.45, 7) is 5.17. The molecule has 0 saturated heterocycles. The highest BCUT2D eigenvalue weighted by Gasteiger charge is 2.30. The Kier molecular flexibility index (Phi) is 6.82. The Morgan fingerprint density at radius 1 is 1.18 bits per heavy atom. The van der Waals surface area contributed by atoms with Crippen molar-refractivity contribution in [2.75, 3.05) is 13.7 Å². The van der Waals surface area contributed by atoms with Gasteiger partial charge in [0.25, 0.3) is 5.91 Å². The average molecular weight is 533 g/mol. The second-order valence-electron chi connectivity index (χ2n) is 10.9. The normalized spacial score (nSPS) is 15.2. The van der Waals surface area contributed by atoms with E-state index in [0.29, 0.717) is 44.9 Å². The van der Waals surface area contributed by atoms with Crippen molar-refractivity contribution in [3.8, 4) is 22.8 Å². The largest absolute Gasteiger partial charge is 0.493 e. The van der Waals surface area contributed by atoms with Crippen LogP contribution < -0.4 is 20.5 Å².